The molecule has 1 N–H and O–H groups in total. The minimum atomic E-state index is -4.02. The molecule has 0 saturated carbocycles. The van der Waals surface area contributed by atoms with Gasteiger partial charge in [0.1, 0.15) is 0 Å². The summed E-state index contributed by atoms with van der Waals surface area (Å²) in [7, 11) is 0. The molecule has 0 aliphatic rings. The predicted octanol–water partition coefficient (Wildman–Crippen LogP) is 4.33. The molecule has 0 unspecified atom stereocenters. The fourth-order valence-electron chi connectivity index (χ4n) is 1.23. The SMILES string of the molecule is FC(F)(F)CCCCNCc1cc(Br)cs1. The van der Waals surface area contributed by atoms with E-state index >= 15 is 0 Å². The molecule has 0 atom stereocenters. The van der Waals surface area contributed by atoms with Gasteiger partial charge in [0.15, 0.2) is 0 Å². The number of thiophene rings is 1. The van der Waals surface area contributed by atoms with E-state index < -0.39 is 12.6 Å². The van der Waals surface area contributed by atoms with Crippen LogP contribution in [0.2, 0.25) is 0 Å². The maximum atomic E-state index is 11.8. The van der Waals surface area contributed by atoms with E-state index in [-0.39, 0.29) is 6.42 Å². The number of nitrogens with one attached hydrogen (secondary N) is 1. The fourth-order valence-corrected chi connectivity index (χ4v) is 2.65. The summed E-state index contributed by atoms with van der Waals surface area (Å²) in [6.45, 7) is 1.36. The van der Waals surface area contributed by atoms with Gasteiger partial charge in [-0.3, -0.25) is 0 Å². The third kappa shape index (κ3) is 6.50. The van der Waals surface area contributed by atoms with Crippen LogP contribution in [0.1, 0.15) is 24.1 Å². The third-order valence-electron chi connectivity index (χ3n) is 1.98. The number of hydrogen-bond donors (Lipinski definition) is 1. The fraction of sp³-hybridized carbons (Fsp3) is 0.600. The van der Waals surface area contributed by atoms with Crippen molar-refractivity contribution in [3.63, 3.8) is 0 Å². The van der Waals surface area contributed by atoms with E-state index in [0.717, 1.165) is 11.0 Å². The lowest BCUT2D eigenvalue weighted by molar-refractivity contribution is -0.135. The summed E-state index contributed by atoms with van der Waals surface area (Å²) in [5.41, 5.74) is 0. The molecule has 1 heterocycles. The van der Waals surface area contributed by atoms with Crippen LogP contribution in [0.25, 0.3) is 0 Å². The number of alkyl halides is 3. The predicted molar refractivity (Wildman–Crippen MR) is 63.6 cm³/mol. The molecule has 92 valence electrons. The van der Waals surface area contributed by atoms with E-state index in [9.17, 15) is 13.2 Å². The number of unbranched alkanes of at least 4 members (excludes halogenated alkanes) is 1. The van der Waals surface area contributed by atoms with Crippen molar-refractivity contribution in [3.05, 3.63) is 20.8 Å². The van der Waals surface area contributed by atoms with Crippen molar-refractivity contribution in [2.45, 2.75) is 32.0 Å². The van der Waals surface area contributed by atoms with Crippen LogP contribution >= 0.6 is 27.3 Å². The Labute approximate surface area is 105 Å². The zero-order chi connectivity index (χ0) is 12.0. The smallest absolute Gasteiger partial charge is 0.312 e. The topological polar surface area (TPSA) is 12.0 Å². The highest BCUT2D eigenvalue weighted by molar-refractivity contribution is 9.10. The van der Waals surface area contributed by atoms with E-state index in [1.165, 1.54) is 4.88 Å². The van der Waals surface area contributed by atoms with Crippen LogP contribution in [0.5, 0.6) is 0 Å². The lowest BCUT2D eigenvalue weighted by Gasteiger charge is -2.06. The van der Waals surface area contributed by atoms with Gasteiger partial charge in [0, 0.05) is 27.7 Å². The Bertz CT molecular complexity index is 311. The molecule has 0 spiro atoms. The molecule has 0 fully saturated rings. The second kappa shape index (κ2) is 6.61. The lowest BCUT2D eigenvalue weighted by Crippen LogP contribution is -2.15. The van der Waals surface area contributed by atoms with Gasteiger partial charge in [-0.05, 0) is 41.4 Å². The summed E-state index contributed by atoms with van der Waals surface area (Å²) in [5, 5.41) is 5.11. The van der Waals surface area contributed by atoms with Crippen LogP contribution in [0, 0.1) is 0 Å². The minimum absolute atomic E-state index is 0.199. The van der Waals surface area contributed by atoms with Crippen LogP contribution in [0.4, 0.5) is 13.2 Å². The highest BCUT2D eigenvalue weighted by atomic mass is 79.9. The molecule has 6 heteroatoms. The molecule has 0 aliphatic carbocycles. The molecule has 0 bridgehead atoms. The molecule has 1 aromatic heterocycles. The van der Waals surface area contributed by atoms with Gasteiger partial charge in [-0.2, -0.15) is 13.2 Å². The Morgan fingerprint density at radius 1 is 1.31 bits per heavy atom. The van der Waals surface area contributed by atoms with Crippen molar-refractivity contribution in [1.29, 1.82) is 0 Å². The normalized spacial score (nSPS) is 12.0. The van der Waals surface area contributed by atoms with Gasteiger partial charge >= 0.3 is 6.18 Å². The van der Waals surface area contributed by atoms with Crippen molar-refractivity contribution in [2.24, 2.45) is 0 Å². The molecule has 0 radical (unpaired) electrons. The van der Waals surface area contributed by atoms with Crippen molar-refractivity contribution in [2.75, 3.05) is 6.54 Å². The zero-order valence-corrected chi connectivity index (χ0v) is 11.0. The quantitative estimate of drug-likeness (QED) is 0.770. The Balaban J connectivity index is 2.00. The van der Waals surface area contributed by atoms with Gasteiger partial charge in [0.25, 0.3) is 0 Å². The van der Waals surface area contributed by atoms with Gasteiger partial charge in [-0.1, -0.05) is 0 Å². The van der Waals surface area contributed by atoms with Crippen molar-refractivity contribution >= 4 is 27.3 Å². The molecule has 1 aromatic rings. The number of hydrogen-bond acceptors (Lipinski definition) is 2. The second-order valence-electron chi connectivity index (χ2n) is 3.48. The van der Waals surface area contributed by atoms with Gasteiger partial charge in [-0.25, -0.2) is 0 Å². The van der Waals surface area contributed by atoms with Gasteiger partial charge in [0.05, 0.1) is 0 Å². The summed E-state index contributed by atoms with van der Waals surface area (Å²) in [6.07, 6.45) is -3.94. The summed E-state index contributed by atoms with van der Waals surface area (Å²) >= 11 is 4.97. The maximum absolute atomic E-state index is 11.8. The van der Waals surface area contributed by atoms with Crippen LogP contribution in [-0.2, 0) is 6.54 Å². The summed E-state index contributed by atoms with van der Waals surface area (Å²) in [5.74, 6) is 0. The highest BCUT2D eigenvalue weighted by Crippen LogP contribution is 2.22. The molecular weight excluding hydrogens is 303 g/mol. The molecule has 1 rings (SSSR count). The monoisotopic (exact) mass is 315 g/mol. The summed E-state index contributed by atoms with van der Waals surface area (Å²) in [4.78, 5) is 1.18. The molecule has 0 aromatic carbocycles. The Hall–Kier alpha value is -0.0700. The first kappa shape index (κ1) is 14.0. The van der Waals surface area contributed by atoms with E-state index in [0.29, 0.717) is 13.0 Å². The number of halogens is 4. The first-order chi connectivity index (χ1) is 7.47. The van der Waals surface area contributed by atoms with Crippen LogP contribution < -0.4 is 5.32 Å². The highest BCUT2D eigenvalue weighted by Gasteiger charge is 2.25. The average molecular weight is 316 g/mol. The zero-order valence-electron chi connectivity index (χ0n) is 8.61. The van der Waals surface area contributed by atoms with Crippen molar-refractivity contribution in [1.82, 2.24) is 5.32 Å². The standard InChI is InChI=1S/C10H13BrF3NS/c11-8-5-9(16-7-8)6-15-4-2-1-3-10(12,13)14/h5,7,15H,1-4,6H2. The molecule has 0 amide bonds. The molecule has 1 nitrogen and oxygen atoms in total. The van der Waals surface area contributed by atoms with Crippen LogP contribution in [0.15, 0.2) is 15.9 Å². The minimum Gasteiger partial charge on any atom is -0.312 e. The van der Waals surface area contributed by atoms with Crippen molar-refractivity contribution < 1.29 is 13.2 Å². The molecular formula is C10H13BrF3NS. The van der Waals surface area contributed by atoms with Crippen molar-refractivity contribution in [3.8, 4) is 0 Å². The van der Waals surface area contributed by atoms with E-state index in [2.05, 4.69) is 21.2 Å². The first-order valence-corrected chi connectivity index (χ1v) is 6.65. The van der Waals surface area contributed by atoms with Gasteiger partial charge in [0.2, 0.25) is 0 Å². The largest absolute Gasteiger partial charge is 0.389 e. The Morgan fingerprint density at radius 2 is 2.06 bits per heavy atom. The summed E-state index contributed by atoms with van der Waals surface area (Å²) in [6, 6.07) is 2.01. The Morgan fingerprint density at radius 3 is 2.62 bits per heavy atom. The maximum Gasteiger partial charge on any atom is 0.389 e. The van der Waals surface area contributed by atoms with Gasteiger partial charge in [-0.15, -0.1) is 11.3 Å². The van der Waals surface area contributed by atoms with Crippen LogP contribution in [0.3, 0.4) is 0 Å². The molecule has 0 aliphatic heterocycles. The van der Waals surface area contributed by atoms with E-state index in [4.69, 9.17) is 0 Å². The average Bonchev–Trinajstić information content (AvgIpc) is 2.56. The third-order valence-corrected chi connectivity index (χ3v) is 3.68. The first-order valence-electron chi connectivity index (χ1n) is 4.98. The molecule has 0 saturated heterocycles. The van der Waals surface area contributed by atoms with E-state index in [1.54, 1.807) is 11.3 Å². The Kier molecular flexibility index (Phi) is 5.78. The number of rotatable bonds is 6. The van der Waals surface area contributed by atoms with E-state index in [1.807, 2.05) is 11.4 Å². The molecule has 16 heavy (non-hydrogen) atoms. The summed E-state index contributed by atoms with van der Waals surface area (Å²) < 4.78 is 36.5. The van der Waals surface area contributed by atoms with Crippen LogP contribution in [-0.4, -0.2) is 12.7 Å². The van der Waals surface area contributed by atoms with Gasteiger partial charge < -0.3 is 5.32 Å². The lowest BCUT2D eigenvalue weighted by atomic mass is 10.2. The second-order valence-corrected chi connectivity index (χ2v) is 5.39.